The smallest absolute Gasteiger partial charge is 0.227 e. The SMILES string of the molecule is c1ccc(-c2nc(-c3ccccc3)nc(-c3cccc(-n4c5ccc6ccccc6c5c5ccc6nc(-c7ccccc7)oc6c54)c3)n2)cc1. The summed E-state index contributed by atoms with van der Waals surface area (Å²) < 4.78 is 8.94. The molecule has 0 radical (unpaired) electrons. The minimum Gasteiger partial charge on any atom is -0.434 e. The molecule has 3 heterocycles. The number of oxazole rings is 1. The highest BCUT2D eigenvalue weighted by Crippen LogP contribution is 2.41. The molecule has 0 saturated carbocycles. The predicted octanol–water partition coefficient (Wildman–Crippen LogP) is 10.9. The van der Waals surface area contributed by atoms with Crippen LogP contribution in [0.25, 0.3) is 95.0 Å². The van der Waals surface area contributed by atoms with E-state index >= 15 is 0 Å². The van der Waals surface area contributed by atoms with Gasteiger partial charge in [0.1, 0.15) is 5.52 Å². The average Bonchev–Trinajstić information content (AvgIpc) is 3.79. The van der Waals surface area contributed by atoms with Crippen LogP contribution in [0.4, 0.5) is 0 Å². The Bertz CT molecular complexity index is 2800. The van der Waals surface area contributed by atoms with Gasteiger partial charge in [0.25, 0.3) is 0 Å². The fourth-order valence-electron chi connectivity index (χ4n) is 6.95. The third-order valence-electron chi connectivity index (χ3n) is 9.25. The standard InChI is InChI=1S/C44H27N5O/c1-4-14-29(15-5-1)41-46-42(30-16-6-2-7-17-30)48-43(47-41)32-20-12-21-33(27-32)49-37-26-23-28-13-10-11-22-34(28)38(37)35-24-25-36-40(39(35)49)50-44(45-36)31-18-8-3-9-19-31/h1-27H. The Hall–Kier alpha value is -6.92. The van der Waals surface area contributed by atoms with Crippen molar-refractivity contribution in [3.05, 3.63) is 164 Å². The molecule has 0 aliphatic heterocycles. The van der Waals surface area contributed by atoms with Gasteiger partial charge in [0.15, 0.2) is 23.1 Å². The van der Waals surface area contributed by atoms with Gasteiger partial charge in [0.05, 0.1) is 11.0 Å². The Kier molecular flexibility index (Phi) is 6.39. The molecule has 0 saturated heterocycles. The first-order valence-corrected chi connectivity index (χ1v) is 16.6. The van der Waals surface area contributed by atoms with Crippen molar-refractivity contribution in [2.75, 3.05) is 0 Å². The van der Waals surface area contributed by atoms with Crippen LogP contribution in [0.1, 0.15) is 0 Å². The second kappa shape index (κ2) is 11.4. The van der Waals surface area contributed by atoms with E-state index in [1.54, 1.807) is 0 Å². The lowest BCUT2D eigenvalue weighted by Gasteiger charge is -2.12. The van der Waals surface area contributed by atoms with Crippen molar-refractivity contribution in [3.63, 3.8) is 0 Å². The quantitative estimate of drug-likeness (QED) is 0.187. The summed E-state index contributed by atoms with van der Waals surface area (Å²) in [5, 5.41) is 4.64. The van der Waals surface area contributed by atoms with E-state index in [0.29, 0.717) is 23.4 Å². The van der Waals surface area contributed by atoms with E-state index in [0.717, 1.165) is 55.5 Å². The maximum Gasteiger partial charge on any atom is 0.227 e. The van der Waals surface area contributed by atoms with Gasteiger partial charge in [-0.15, -0.1) is 0 Å². The second-order valence-corrected chi connectivity index (χ2v) is 12.3. The van der Waals surface area contributed by atoms with E-state index in [2.05, 4.69) is 77.4 Å². The van der Waals surface area contributed by atoms with Crippen LogP contribution in [0, 0.1) is 0 Å². The largest absolute Gasteiger partial charge is 0.434 e. The van der Waals surface area contributed by atoms with Gasteiger partial charge in [0.2, 0.25) is 5.89 Å². The number of hydrogen-bond acceptors (Lipinski definition) is 5. The first kappa shape index (κ1) is 28.1. The first-order chi connectivity index (χ1) is 24.8. The van der Waals surface area contributed by atoms with Crippen molar-refractivity contribution in [2.45, 2.75) is 0 Å². The van der Waals surface area contributed by atoms with E-state index in [9.17, 15) is 0 Å². The van der Waals surface area contributed by atoms with Crippen molar-refractivity contribution >= 4 is 43.7 Å². The van der Waals surface area contributed by atoms with Gasteiger partial charge in [-0.3, -0.25) is 0 Å². The second-order valence-electron chi connectivity index (χ2n) is 12.3. The predicted molar refractivity (Wildman–Crippen MR) is 201 cm³/mol. The van der Waals surface area contributed by atoms with Crippen molar-refractivity contribution in [2.24, 2.45) is 0 Å². The summed E-state index contributed by atoms with van der Waals surface area (Å²) in [6.45, 7) is 0. The highest BCUT2D eigenvalue weighted by atomic mass is 16.3. The van der Waals surface area contributed by atoms with Crippen LogP contribution < -0.4 is 0 Å². The van der Waals surface area contributed by atoms with Gasteiger partial charge in [0, 0.05) is 38.7 Å². The van der Waals surface area contributed by atoms with Crippen LogP contribution >= 0.6 is 0 Å². The van der Waals surface area contributed by atoms with Crippen molar-refractivity contribution < 1.29 is 4.42 Å². The maximum atomic E-state index is 6.65. The molecule has 10 aromatic rings. The molecule has 6 heteroatoms. The number of hydrogen-bond donors (Lipinski definition) is 0. The lowest BCUT2D eigenvalue weighted by atomic mass is 10.0. The third-order valence-corrected chi connectivity index (χ3v) is 9.25. The molecule has 50 heavy (non-hydrogen) atoms. The van der Waals surface area contributed by atoms with E-state index < -0.39 is 0 Å². The monoisotopic (exact) mass is 641 g/mol. The molecule has 3 aromatic heterocycles. The highest BCUT2D eigenvalue weighted by Gasteiger charge is 2.21. The van der Waals surface area contributed by atoms with E-state index in [4.69, 9.17) is 24.4 Å². The van der Waals surface area contributed by atoms with Gasteiger partial charge in [-0.1, -0.05) is 121 Å². The maximum absolute atomic E-state index is 6.65. The fraction of sp³-hybridized carbons (Fsp3) is 0. The zero-order valence-electron chi connectivity index (χ0n) is 26.7. The Labute approximate surface area is 287 Å². The normalized spacial score (nSPS) is 11.6. The summed E-state index contributed by atoms with van der Waals surface area (Å²) in [5.41, 5.74) is 8.23. The summed E-state index contributed by atoms with van der Waals surface area (Å²) in [4.78, 5) is 19.9. The van der Waals surface area contributed by atoms with Crippen LogP contribution in [0.5, 0.6) is 0 Å². The zero-order chi connectivity index (χ0) is 33.0. The van der Waals surface area contributed by atoms with Crippen molar-refractivity contribution in [1.82, 2.24) is 24.5 Å². The molecular weight excluding hydrogens is 615 g/mol. The van der Waals surface area contributed by atoms with Crippen LogP contribution in [-0.4, -0.2) is 24.5 Å². The molecular formula is C44H27N5O. The zero-order valence-corrected chi connectivity index (χ0v) is 26.7. The molecule has 0 spiro atoms. The average molecular weight is 642 g/mol. The summed E-state index contributed by atoms with van der Waals surface area (Å²) in [6, 6.07) is 55.7. The fourth-order valence-corrected chi connectivity index (χ4v) is 6.95. The van der Waals surface area contributed by atoms with Crippen LogP contribution in [0.15, 0.2) is 168 Å². The summed E-state index contributed by atoms with van der Waals surface area (Å²) >= 11 is 0. The van der Waals surface area contributed by atoms with Crippen molar-refractivity contribution in [3.8, 4) is 51.3 Å². The molecule has 234 valence electrons. The van der Waals surface area contributed by atoms with E-state index in [1.165, 1.54) is 16.2 Å². The Balaban J connectivity index is 1.24. The van der Waals surface area contributed by atoms with Gasteiger partial charge in [-0.05, 0) is 53.2 Å². The Morgan fingerprint density at radius 1 is 0.440 bits per heavy atom. The lowest BCUT2D eigenvalue weighted by molar-refractivity contribution is 0.622. The van der Waals surface area contributed by atoms with Crippen LogP contribution in [-0.2, 0) is 0 Å². The Morgan fingerprint density at radius 3 is 1.74 bits per heavy atom. The highest BCUT2D eigenvalue weighted by molar-refractivity contribution is 6.25. The van der Waals surface area contributed by atoms with Gasteiger partial charge >= 0.3 is 0 Å². The van der Waals surface area contributed by atoms with E-state index in [-0.39, 0.29) is 0 Å². The lowest BCUT2D eigenvalue weighted by Crippen LogP contribution is -2.01. The van der Waals surface area contributed by atoms with Crippen molar-refractivity contribution in [1.29, 1.82) is 0 Å². The summed E-state index contributed by atoms with van der Waals surface area (Å²) in [5.74, 6) is 2.44. The van der Waals surface area contributed by atoms with E-state index in [1.807, 2.05) is 91.0 Å². The molecule has 7 aromatic carbocycles. The molecule has 10 rings (SSSR count). The Morgan fingerprint density at radius 2 is 1.04 bits per heavy atom. The van der Waals surface area contributed by atoms with Crippen LogP contribution in [0.2, 0.25) is 0 Å². The topological polar surface area (TPSA) is 69.6 Å². The number of aromatic nitrogens is 5. The molecule has 0 atom stereocenters. The van der Waals surface area contributed by atoms with Gasteiger partial charge in [-0.25, -0.2) is 19.9 Å². The minimum atomic E-state index is 0.593. The summed E-state index contributed by atoms with van der Waals surface area (Å²) in [7, 11) is 0. The third kappa shape index (κ3) is 4.58. The molecule has 6 nitrogen and oxygen atoms in total. The molecule has 0 fully saturated rings. The van der Waals surface area contributed by atoms with Gasteiger partial charge in [-0.2, -0.15) is 0 Å². The number of rotatable bonds is 5. The van der Waals surface area contributed by atoms with Gasteiger partial charge < -0.3 is 8.98 Å². The minimum absolute atomic E-state index is 0.593. The molecule has 0 unspecified atom stereocenters. The number of fused-ring (bicyclic) bond motifs is 7. The first-order valence-electron chi connectivity index (χ1n) is 16.6. The molecule has 0 N–H and O–H groups in total. The number of nitrogens with zero attached hydrogens (tertiary/aromatic N) is 5. The summed E-state index contributed by atoms with van der Waals surface area (Å²) in [6.07, 6.45) is 0. The van der Waals surface area contributed by atoms with Crippen LogP contribution in [0.3, 0.4) is 0 Å². The number of benzene rings is 7. The molecule has 0 bridgehead atoms. The molecule has 0 aliphatic carbocycles. The molecule has 0 aliphatic rings. The molecule has 0 amide bonds.